The highest BCUT2D eigenvalue weighted by Gasteiger charge is 1.75. The molecule has 0 aliphatic heterocycles. The number of hydrogen-bond acceptors (Lipinski definition) is 1. The highest BCUT2D eigenvalue weighted by atomic mass is 15.3. The fourth-order valence-corrected chi connectivity index (χ4v) is 0.806. The van der Waals surface area contributed by atoms with Crippen LogP contribution in [0.1, 0.15) is 5.56 Å². The van der Waals surface area contributed by atoms with Crippen molar-refractivity contribution in [3.63, 3.8) is 0 Å². The molecule has 0 atom stereocenters. The molecule has 2 N–H and O–H groups in total. The molecule has 1 aromatic rings. The van der Waals surface area contributed by atoms with Crippen LogP contribution >= 0.6 is 0 Å². The van der Waals surface area contributed by atoms with E-state index in [1.165, 1.54) is 4.68 Å². The lowest BCUT2D eigenvalue weighted by atomic mass is 10.3. The molecule has 0 amide bonds. The molecule has 11 heavy (non-hydrogen) atoms. The van der Waals surface area contributed by atoms with Crippen molar-refractivity contribution in [2.24, 2.45) is 0 Å². The summed E-state index contributed by atoms with van der Waals surface area (Å²) in [4.78, 5) is 0. The summed E-state index contributed by atoms with van der Waals surface area (Å²) in [6.07, 6.45) is 3.66. The van der Waals surface area contributed by atoms with Gasteiger partial charge in [-0.2, -0.15) is 0 Å². The number of hydrogen-bond donors (Lipinski definition) is 1. The summed E-state index contributed by atoms with van der Waals surface area (Å²) in [7, 11) is 0. The average molecular weight is 148 g/mol. The predicted molar refractivity (Wildman–Crippen MR) is 46.9 cm³/mol. The number of nitrogens with two attached hydrogens (primary N) is 1. The largest absolute Gasteiger partial charge is 0.340 e. The number of aryl methyl sites for hydroxylation is 1. The van der Waals surface area contributed by atoms with E-state index >= 15 is 0 Å². The molecular weight excluding hydrogens is 136 g/mol. The van der Waals surface area contributed by atoms with Crippen LogP contribution in [-0.2, 0) is 0 Å². The molecule has 0 radical (unpaired) electrons. The molecule has 0 aromatic carbocycles. The summed E-state index contributed by atoms with van der Waals surface area (Å²) in [5, 5.41) is 0. The zero-order valence-electron chi connectivity index (χ0n) is 6.57. The third-order valence-corrected chi connectivity index (χ3v) is 1.30. The Morgan fingerprint density at radius 3 is 2.73 bits per heavy atom. The molecule has 0 saturated heterocycles. The van der Waals surface area contributed by atoms with Crippen molar-refractivity contribution in [2.75, 3.05) is 5.84 Å². The van der Waals surface area contributed by atoms with E-state index in [1.807, 2.05) is 43.5 Å². The molecule has 58 valence electrons. The third-order valence-electron chi connectivity index (χ3n) is 1.30. The first-order chi connectivity index (χ1) is 5.29. The average Bonchev–Trinajstić information content (AvgIpc) is 2.02. The number of aromatic nitrogens is 1. The molecular formula is C9H12N2. The monoisotopic (exact) mass is 148 g/mol. The Morgan fingerprint density at radius 1 is 1.18 bits per heavy atom. The molecule has 1 heterocycles. The van der Waals surface area contributed by atoms with E-state index in [-0.39, 0.29) is 0 Å². The molecule has 1 rings (SSSR count). The van der Waals surface area contributed by atoms with Gasteiger partial charge in [0.05, 0.1) is 0 Å². The lowest BCUT2D eigenvalue weighted by Crippen LogP contribution is -2.05. The van der Waals surface area contributed by atoms with Gasteiger partial charge in [0.1, 0.15) is 0 Å². The zero-order valence-corrected chi connectivity index (χ0v) is 6.57. The second-order valence-corrected chi connectivity index (χ2v) is 2.41. The van der Waals surface area contributed by atoms with E-state index in [0.717, 1.165) is 5.56 Å². The van der Waals surface area contributed by atoms with Crippen molar-refractivity contribution in [3.8, 4) is 0 Å². The van der Waals surface area contributed by atoms with E-state index in [1.54, 1.807) is 6.20 Å². The summed E-state index contributed by atoms with van der Waals surface area (Å²) in [6, 6.07) is 9.77. The lowest BCUT2D eigenvalue weighted by Gasteiger charge is -1.91. The Labute approximate surface area is 66.6 Å². The maximum Gasteiger partial charge on any atom is 0.0284 e. The first-order valence-corrected chi connectivity index (χ1v) is 3.52. The van der Waals surface area contributed by atoms with Crippen molar-refractivity contribution < 1.29 is 0 Å². The van der Waals surface area contributed by atoms with E-state index in [2.05, 4.69) is 0 Å². The molecule has 0 bridgehead atoms. The molecule has 0 saturated carbocycles. The van der Waals surface area contributed by atoms with E-state index in [9.17, 15) is 0 Å². The van der Waals surface area contributed by atoms with E-state index in [4.69, 9.17) is 5.84 Å². The second kappa shape index (κ2) is 3.66. The van der Waals surface area contributed by atoms with Gasteiger partial charge in [0, 0.05) is 12.4 Å². The van der Waals surface area contributed by atoms with Gasteiger partial charge in [0.15, 0.2) is 0 Å². The minimum atomic E-state index is 1.13. The van der Waals surface area contributed by atoms with E-state index < -0.39 is 0 Å². The van der Waals surface area contributed by atoms with Crippen LogP contribution in [0.25, 0.3) is 0 Å². The van der Waals surface area contributed by atoms with Gasteiger partial charge in [-0.1, -0.05) is 24.3 Å². The Kier molecular flexibility index (Phi) is 2.55. The highest BCUT2D eigenvalue weighted by Crippen LogP contribution is 1.89. The SMILES string of the molecule is Cc1ccccccn(N)c1. The number of nitrogen functional groups attached to an aromatic ring is 1. The zero-order chi connectivity index (χ0) is 8.10. The predicted octanol–water partition coefficient (Wildman–Crippen LogP) is 1.63. The highest BCUT2D eigenvalue weighted by molar-refractivity contribution is 5.05. The first-order valence-electron chi connectivity index (χ1n) is 3.52. The van der Waals surface area contributed by atoms with Crippen LogP contribution < -0.4 is 5.84 Å². The van der Waals surface area contributed by atoms with Crippen LogP contribution in [-0.4, -0.2) is 4.68 Å². The standard InChI is InChI=1S/C9H12N2/c1-9-6-4-2-3-5-7-11(10)8-9/h2-8H,10H2,1H3. The van der Waals surface area contributed by atoms with Gasteiger partial charge in [0.25, 0.3) is 0 Å². The van der Waals surface area contributed by atoms with Crippen LogP contribution in [0.3, 0.4) is 0 Å². The molecule has 0 fully saturated rings. The topological polar surface area (TPSA) is 30.9 Å². The maximum atomic E-state index is 5.57. The molecule has 0 spiro atoms. The minimum absolute atomic E-state index is 1.13. The van der Waals surface area contributed by atoms with E-state index in [0.29, 0.717) is 0 Å². The van der Waals surface area contributed by atoms with Crippen molar-refractivity contribution >= 4 is 0 Å². The van der Waals surface area contributed by atoms with Gasteiger partial charge in [-0.15, -0.1) is 0 Å². The van der Waals surface area contributed by atoms with Gasteiger partial charge < -0.3 is 5.84 Å². The molecule has 2 heteroatoms. The van der Waals surface area contributed by atoms with Crippen LogP contribution in [0, 0.1) is 6.92 Å². The van der Waals surface area contributed by atoms with Gasteiger partial charge >= 0.3 is 0 Å². The van der Waals surface area contributed by atoms with Gasteiger partial charge in [-0.25, -0.2) is 0 Å². The quantitative estimate of drug-likeness (QED) is 0.557. The lowest BCUT2D eigenvalue weighted by molar-refractivity contribution is 0.987. The molecule has 0 unspecified atom stereocenters. The van der Waals surface area contributed by atoms with Crippen LogP contribution in [0.5, 0.6) is 0 Å². The summed E-state index contributed by atoms with van der Waals surface area (Å²) in [6.45, 7) is 2.00. The Morgan fingerprint density at radius 2 is 1.91 bits per heavy atom. The van der Waals surface area contributed by atoms with Crippen LogP contribution in [0.15, 0.2) is 42.7 Å². The summed E-state index contributed by atoms with van der Waals surface area (Å²) < 4.78 is 1.54. The fraction of sp³-hybridized carbons (Fsp3) is 0.111. The first kappa shape index (κ1) is 7.66. The summed E-state index contributed by atoms with van der Waals surface area (Å²) >= 11 is 0. The number of rotatable bonds is 0. The van der Waals surface area contributed by atoms with Crippen LogP contribution in [0.4, 0.5) is 0 Å². The maximum absolute atomic E-state index is 5.57. The van der Waals surface area contributed by atoms with Gasteiger partial charge in [-0.05, 0) is 18.6 Å². The van der Waals surface area contributed by atoms with Crippen molar-refractivity contribution in [1.82, 2.24) is 4.68 Å². The van der Waals surface area contributed by atoms with Crippen molar-refractivity contribution in [3.05, 3.63) is 48.3 Å². The van der Waals surface area contributed by atoms with Crippen molar-refractivity contribution in [1.29, 1.82) is 0 Å². The Hall–Kier alpha value is -1.44. The summed E-state index contributed by atoms with van der Waals surface area (Å²) in [5.74, 6) is 5.57. The third kappa shape index (κ3) is 2.76. The van der Waals surface area contributed by atoms with Crippen molar-refractivity contribution in [2.45, 2.75) is 6.92 Å². The number of nitrogens with zero attached hydrogens (tertiary/aromatic N) is 1. The van der Waals surface area contributed by atoms with Gasteiger partial charge in [0.2, 0.25) is 0 Å². The van der Waals surface area contributed by atoms with Gasteiger partial charge in [-0.3, -0.25) is 4.68 Å². The molecule has 2 nitrogen and oxygen atoms in total. The van der Waals surface area contributed by atoms with Crippen LogP contribution in [0.2, 0.25) is 0 Å². The smallest absolute Gasteiger partial charge is 0.0284 e. The minimum Gasteiger partial charge on any atom is -0.340 e. The molecule has 0 aliphatic rings. The summed E-state index contributed by atoms with van der Waals surface area (Å²) in [5.41, 5.74) is 1.13. The molecule has 1 aromatic heterocycles. The second-order valence-electron chi connectivity index (χ2n) is 2.41. The Balaban J connectivity index is 3.25. The fourth-order valence-electron chi connectivity index (χ4n) is 0.806. The normalized spacial score (nSPS) is 8.82. The Bertz CT molecular complexity index is 248. The molecule has 0 aliphatic carbocycles.